The van der Waals surface area contributed by atoms with Crippen LogP contribution in [0.3, 0.4) is 0 Å². The highest BCUT2D eigenvalue weighted by atomic mass is 16.4. The molecule has 1 aliphatic carbocycles. The maximum absolute atomic E-state index is 14.0. The summed E-state index contributed by atoms with van der Waals surface area (Å²) in [4.78, 5) is 30.3. The Morgan fingerprint density at radius 3 is 2.39 bits per heavy atom. The highest BCUT2D eigenvalue weighted by molar-refractivity contribution is 5.99. The molecule has 1 atom stereocenters. The lowest BCUT2D eigenvalue weighted by Crippen LogP contribution is -2.46. The van der Waals surface area contributed by atoms with Gasteiger partial charge in [0.1, 0.15) is 6.54 Å². The molecule has 0 radical (unpaired) electrons. The van der Waals surface area contributed by atoms with Crippen LogP contribution < -0.4 is 0 Å². The summed E-state index contributed by atoms with van der Waals surface area (Å²) in [5, 5.41) is 10.9. The Hall–Kier alpha value is -3.12. The first-order chi connectivity index (χ1) is 18.4. The van der Waals surface area contributed by atoms with Gasteiger partial charge < -0.3 is 19.5 Å². The fourth-order valence-corrected chi connectivity index (χ4v) is 6.65. The van der Waals surface area contributed by atoms with Crippen molar-refractivity contribution in [3.8, 4) is 11.3 Å². The van der Waals surface area contributed by atoms with Gasteiger partial charge >= 0.3 is 5.97 Å². The number of carboxylic acids is 1. The average molecular weight is 516 g/mol. The van der Waals surface area contributed by atoms with Gasteiger partial charge in [-0.05, 0) is 88.3 Å². The van der Waals surface area contributed by atoms with Crippen molar-refractivity contribution in [3.05, 3.63) is 59.7 Å². The Kier molecular flexibility index (Phi) is 8.18. The second-order valence-corrected chi connectivity index (χ2v) is 11.4. The fourth-order valence-electron chi connectivity index (χ4n) is 6.65. The van der Waals surface area contributed by atoms with Crippen molar-refractivity contribution in [1.82, 2.24) is 14.4 Å². The summed E-state index contributed by atoms with van der Waals surface area (Å²) in [7, 11) is 4.17. The number of nitrogens with zero attached hydrogens (tertiary/aromatic N) is 3. The van der Waals surface area contributed by atoms with Gasteiger partial charge in [0.25, 0.3) is 0 Å². The van der Waals surface area contributed by atoms with E-state index in [0.717, 1.165) is 73.8 Å². The summed E-state index contributed by atoms with van der Waals surface area (Å²) in [6.45, 7) is 1.99. The van der Waals surface area contributed by atoms with Crippen molar-refractivity contribution in [2.24, 2.45) is 0 Å². The van der Waals surface area contributed by atoms with Crippen LogP contribution in [0, 0.1) is 0 Å². The van der Waals surface area contributed by atoms with Gasteiger partial charge in [-0.3, -0.25) is 4.79 Å². The second-order valence-electron chi connectivity index (χ2n) is 11.4. The van der Waals surface area contributed by atoms with E-state index >= 15 is 0 Å². The molecule has 1 aliphatic heterocycles. The van der Waals surface area contributed by atoms with Gasteiger partial charge in [0, 0.05) is 18.0 Å². The molecule has 1 amide bonds. The van der Waals surface area contributed by atoms with Crippen LogP contribution in [0.1, 0.15) is 79.6 Å². The first-order valence-corrected chi connectivity index (χ1v) is 14.3. The summed E-state index contributed by atoms with van der Waals surface area (Å²) in [5.74, 6) is -0.388. The van der Waals surface area contributed by atoms with E-state index in [1.54, 1.807) is 12.1 Å². The molecule has 2 aliphatic rings. The molecule has 0 spiro atoms. The number of aromatic nitrogens is 1. The average Bonchev–Trinajstić information content (AvgIpc) is 3.26. The summed E-state index contributed by atoms with van der Waals surface area (Å²) in [6.07, 6.45) is 10.2. The summed E-state index contributed by atoms with van der Waals surface area (Å²) in [6, 6.07) is 16.1. The maximum Gasteiger partial charge on any atom is 0.335 e. The summed E-state index contributed by atoms with van der Waals surface area (Å²) < 4.78 is 2.14. The predicted molar refractivity (Wildman–Crippen MR) is 153 cm³/mol. The topological polar surface area (TPSA) is 65.8 Å². The third-order valence-electron chi connectivity index (χ3n) is 8.56. The molecule has 202 valence electrons. The molecule has 6 nitrogen and oxygen atoms in total. The van der Waals surface area contributed by atoms with Crippen molar-refractivity contribution < 1.29 is 14.7 Å². The quantitative estimate of drug-likeness (QED) is 0.378. The van der Waals surface area contributed by atoms with Gasteiger partial charge in [-0.1, -0.05) is 55.7 Å². The van der Waals surface area contributed by atoms with E-state index in [1.165, 1.54) is 24.8 Å². The normalized spacial score (nSPS) is 18.8. The minimum absolute atomic E-state index is 0.137. The zero-order valence-corrected chi connectivity index (χ0v) is 22.9. The van der Waals surface area contributed by atoms with Crippen LogP contribution in [-0.4, -0.2) is 64.6 Å². The summed E-state index contributed by atoms with van der Waals surface area (Å²) in [5.41, 5.74) is 4.60. The predicted octanol–water partition coefficient (Wildman–Crippen LogP) is 6.39. The van der Waals surface area contributed by atoms with Crippen LogP contribution in [0.25, 0.3) is 22.2 Å². The standard InChI is InChI=1S/C32H41N3O3/c1-33(2)20-18-26-15-9-10-19-34(26)29(36)22-35-28-21-25(32(37)38)16-17-27(28)30(23-11-5-3-6-12-23)31(35)24-13-7-4-8-14-24/h4,7-8,13-14,16-17,21,23,26H,3,5-6,9-12,15,18-20,22H2,1-2H3,(H,37,38). The Morgan fingerprint density at radius 2 is 1.68 bits per heavy atom. The van der Waals surface area contributed by atoms with Gasteiger partial charge in [0.2, 0.25) is 5.91 Å². The van der Waals surface area contributed by atoms with E-state index in [-0.39, 0.29) is 24.1 Å². The second kappa shape index (κ2) is 11.7. The Morgan fingerprint density at radius 1 is 0.947 bits per heavy atom. The van der Waals surface area contributed by atoms with E-state index in [0.29, 0.717) is 5.92 Å². The number of hydrogen-bond acceptors (Lipinski definition) is 3. The van der Waals surface area contributed by atoms with Crippen LogP contribution >= 0.6 is 0 Å². The smallest absolute Gasteiger partial charge is 0.335 e. The number of carbonyl (C=O) groups is 2. The van der Waals surface area contributed by atoms with Gasteiger partial charge in [0.15, 0.2) is 0 Å². The first-order valence-electron chi connectivity index (χ1n) is 14.3. The molecular formula is C32H41N3O3. The number of piperidine rings is 1. The third-order valence-corrected chi connectivity index (χ3v) is 8.56. The fraction of sp³-hybridized carbons (Fsp3) is 0.500. The number of aromatic carboxylic acids is 1. The maximum atomic E-state index is 14.0. The molecule has 6 heteroatoms. The highest BCUT2D eigenvalue weighted by Crippen LogP contribution is 2.44. The van der Waals surface area contributed by atoms with E-state index in [2.05, 4.69) is 52.7 Å². The Labute approximate surface area is 226 Å². The molecule has 5 rings (SSSR count). The van der Waals surface area contributed by atoms with Crippen LogP contribution in [-0.2, 0) is 11.3 Å². The van der Waals surface area contributed by atoms with Crippen molar-refractivity contribution in [1.29, 1.82) is 0 Å². The molecule has 1 saturated carbocycles. The van der Waals surface area contributed by atoms with E-state index in [4.69, 9.17) is 0 Å². The highest BCUT2D eigenvalue weighted by Gasteiger charge is 2.31. The zero-order valence-electron chi connectivity index (χ0n) is 22.9. The molecule has 1 aromatic heterocycles. The largest absolute Gasteiger partial charge is 0.478 e. The van der Waals surface area contributed by atoms with Crippen LogP contribution in [0.5, 0.6) is 0 Å². The van der Waals surface area contributed by atoms with E-state index < -0.39 is 5.97 Å². The minimum Gasteiger partial charge on any atom is -0.478 e. The SMILES string of the molecule is CN(C)CCC1CCCCN1C(=O)Cn1c(-c2ccccc2)c(C2CCCCC2)c2ccc(C(=O)O)cc21. The number of carboxylic acid groups (broad SMARTS) is 1. The zero-order chi connectivity index (χ0) is 26.6. The van der Waals surface area contributed by atoms with Crippen LogP contribution in [0.15, 0.2) is 48.5 Å². The lowest BCUT2D eigenvalue weighted by Gasteiger charge is -2.37. The Bertz CT molecular complexity index is 1270. The van der Waals surface area contributed by atoms with Crippen molar-refractivity contribution in [3.63, 3.8) is 0 Å². The first kappa shape index (κ1) is 26.5. The molecule has 2 heterocycles. The van der Waals surface area contributed by atoms with Gasteiger partial charge in [-0.25, -0.2) is 4.79 Å². The molecule has 1 saturated heterocycles. The van der Waals surface area contributed by atoms with Gasteiger partial charge in [0.05, 0.1) is 16.8 Å². The molecule has 1 N–H and O–H groups in total. The molecule has 3 aromatic rings. The molecular weight excluding hydrogens is 474 g/mol. The van der Waals surface area contributed by atoms with Crippen molar-refractivity contribution in [2.75, 3.05) is 27.2 Å². The molecule has 2 fully saturated rings. The molecule has 38 heavy (non-hydrogen) atoms. The van der Waals surface area contributed by atoms with E-state index in [9.17, 15) is 14.7 Å². The van der Waals surface area contributed by atoms with Crippen LogP contribution in [0.2, 0.25) is 0 Å². The third kappa shape index (κ3) is 5.51. The monoisotopic (exact) mass is 515 g/mol. The van der Waals surface area contributed by atoms with Crippen LogP contribution in [0.4, 0.5) is 0 Å². The lowest BCUT2D eigenvalue weighted by atomic mass is 9.82. The number of carbonyl (C=O) groups excluding carboxylic acids is 1. The Balaban J connectivity index is 1.63. The number of likely N-dealkylation sites (tertiary alicyclic amines) is 1. The van der Waals surface area contributed by atoms with Crippen molar-refractivity contribution >= 4 is 22.8 Å². The number of rotatable bonds is 8. The summed E-state index contributed by atoms with van der Waals surface area (Å²) >= 11 is 0. The van der Waals surface area contributed by atoms with Gasteiger partial charge in [-0.15, -0.1) is 0 Å². The molecule has 1 unspecified atom stereocenters. The lowest BCUT2D eigenvalue weighted by molar-refractivity contribution is -0.135. The van der Waals surface area contributed by atoms with E-state index in [1.807, 2.05) is 12.1 Å². The van der Waals surface area contributed by atoms with Gasteiger partial charge in [-0.2, -0.15) is 0 Å². The molecule has 0 bridgehead atoms. The number of benzene rings is 2. The van der Waals surface area contributed by atoms with Crippen molar-refractivity contribution in [2.45, 2.75) is 76.3 Å². The minimum atomic E-state index is -0.939. The number of hydrogen-bond donors (Lipinski definition) is 1. The molecule has 2 aromatic carbocycles. The number of fused-ring (bicyclic) bond motifs is 1. The number of amides is 1.